The van der Waals surface area contributed by atoms with Crippen molar-refractivity contribution in [2.75, 3.05) is 44.3 Å². The van der Waals surface area contributed by atoms with Crippen molar-refractivity contribution in [2.45, 2.75) is 19.9 Å². The molecule has 0 saturated carbocycles. The van der Waals surface area contributed by atoms with Crippen LogP contribution in [0, 0.1) is 6.92 Å². The molecule has 34 heavy (non-hydrogen) atoms. The van der Waals surface area contributed by atoms with Crippen LogP contribution >= 0.6 is 11.6 Å². The summed E-state index contributed by atoms with van der Waals surface area (Å²) >= 11 is 6.02. The van der Waals surface area contributed by atoms with Crippen LogP contribution in [0.2, 0.25) is 5.02 Å². The van der Waals surface area contributed by atoms with Gasteiger partial charge in [0.25, 0.3) is 11.6 Å². The second kappa shape index (κ2) is 9.43. The molecule has 0 unspecified atom stereocenters. The quantitative estimate of drug-likeness (QED) is 0.394. The zero-order chi connectivity index (χ0) is 23.7. The lowest BCUT2D eigenvalue weighted by molar-refractivity contribution is -0.132. The maximum atomic E-state index is 12.6. The standard InChI is InChI=1S/C22H24ClN7O4/c1-14-20-17(13-24-26-21(20)32)30(27-14)9-11-33-10-4-19(31)28-5-7-29(8-6-28)22-25-16-12-15(23)2-3-18(16)34-22/h2-3,12-13H,4-11H2,1H3,(H,26,32). The average Bonchev–Trinajstić information content (AvgIpc) is 3.40. The predicted molar refractivity (Wildman–Crippen MR) is 126 cm³/mol. The fourth-order valence-electron chi connectivity index (χ4n) is 4.13. The highest BCUT2D eigenvalue weighted by molar-refractivity contribution is 6.31. The van der Waals surface area contributed by atoms with Gasteiger partial charge in [0.05, 0.1) is 49.0 Å². The normalized spacial score (nSPS) is 14.4. The first-order chi connectivity index (χ1) is 16.5. The zero-order valence-corrected chi connectivity index (χ0v) is 19.4. The number of aromatic nitrogens is 5. The summed E-state index contributed by atoms with van der Waals surface area (Å²) in [6.07, 6.45) is 1.89. The number of aryl methyl sites for hydroxylation is 1. The number of hydrogen-bond acceptors (Lipinski definition) is 8. The number of carbonyl (C=O) groups is 1. The molecule has 1 aliphatic rings. The van der Waals surface area contributed by atoms with Crippen molar-refractivity contribution in [1.82, 2.24) is 29.9 Å². The van der Waals surface area contributed by atoms with Crippen LogP contribution in [-0.4, -0.2) is 75.2 Å². The van der Waals surface area contributed by atoms with Crippen molar-refractivity contribution in [3.05, 3.63) is 45.5 Å². The minimum absolute atomic E-state index is 0.0557. The summed E-state index contributed by atoms with van der Waals surface area (Å²) in [5.74, 6) is 0.0557. The number of carbonyl (C=O) groups excluding carboxylic acids is 1. The maximum Gasteiger partial charge on any atom is 0.298 e. The highest BCUT2D eigenvalue weighted by atomic mass is 35.5. The van der Waals surface area contributed by atoms with Gasteiger partial charge in [-0.25, -0.2) is 5.10 Å². The lowest BCUT2D eigenvalue weighted by Crippen LogP contribution is -2.49. The number of hydrogen-bond donors (Lipinski definition) is 1. The molecule has 0 aliphatic carbocycles. The number of benzene rings is 1. The van der Waals surface area contributed by atoms with E-state index in [0.29, 0.717) is 85.6 Å². The molecule has 1 saturated heterocycles. The minimum Gasteiger partial charge on any atom is -0.423 e. The summed E-state index contributed by atoms with van der Waals surface area (Å²) < 4.78 is 13.2. The number of anilines is 1. The van der Waals surface area contributed by atoms with Gasteiger partial charge < -0.3 is 19.0 Å². The van der Waals surface area contributed by atoms with Gasteiger partial charge in [-0.3, -0.25) is 14.3 Å². The van der Waals surface area contributed by atoms with E-state index >= 15 is 0 Å². The molecule has 0 spiro atoms. The molecule has 0 atom stereocenters. The Balaban J connectivity index is 1.06. The number of oxazole rings is 1. The monoisotopic (exact) mass is 485 g/mol. The summed E-state index contributed by atoms with van der Waals surface area (Å²) in [5.41, 5.74) is 2.47. The van der Waals surface area contributed by atoms with Crippen LogP contribution in [0.5, 0.6) is 0 Å². The average molecular weight is 486 g/mol. The minimum atomic E-state index is -0.256. The van der Waals surface area contributed by atoms with Gasteiger partial charge >= 0.3 is 0 Å². The Labute approximate surface area is 199 Å². The fraction of sp³-hybridized carbons (Fsp3) is 0.409. The number of H-pyrrole nitrogens is 1. The molecule has 12 heteroatoms. The Bertz CT molecular complexity index is 1390. The van der Waals surface area contributed by atoms with Crippen molar-refractivity contribution in [1.29, 1.82) is 0 Å². The van der Waals surface area contributed by atoms with Crippen molar-refractivity contribution < 1.29 is 13.9 Å². The third kappa shape index (κ3) is 4.48. The Morgan fingerprint density at radius 1 is 1.24 bits per heavy atom. The summed E-state index contributed by atoms with van der Waals surface area (Å²) in [6.45, 7) is 5.44. The second-order valence-electron chi connectivity index (χ2n) is 8.11. The lowest BCUT2D eigenvalue weighted by atomic mass is 10.3. The first-order valence-corrected chi connectivity index (χ1v) is 11.4. The van der Waals surface area contributed by atoms with E-state index in [0.717, 1.165) is 5.52 Å². The first-order valence-electron chi connectivity index (χ1n) is 11.1. The summed E-state index contributed by atoms with van der Waals surface area (Å²) in [7, 11) is 0. The van der Waals surface area contributed by atoms with E-state index in [1.165, 1.54) is 0 Å². The molecule has 11 nitrogen and oxygen atoms in total. The van der Waals surface area contributed by atoms with Gasteiger partial charge in [0.2, 0.25) is 5.91 Å². The molecular weight excluding hydrogens is 462 g/mol. The summed E-state index contributed by atoms with van der Waals surface area (Å²) in [5, 5.41) is 11.8. The Hall–Kier alpha value is -3.44. The number of rotatable bonds is 7. The Kier molecular flexibility index (Phi) is 6.20. The Morgan fingerprint density at radius 3 is 2.88 bits per heavy atom. The molecule has 4 aromatic rings. The molecule has 0 bridgehead atoms. The summed E-state index contributed by atoms with van der Waals surface area (Å²) in [6, 6.07) is 5.90. The van der Waals surface area contributed by atoms with E-state index in [4.69, 9.17) is 20.8 Å². The molecule has 5 rings (SSSR count). The predicted octanol–water partition coefficient (Wildman–Crippen LogP) is 1.98. The van der Waals surface area contributed by atoms with E-state index < -0.39 is 0 Å². The number of halogens is 1. The van der Waals surface area contributed by atoms with Gasteiger partial charge in [0.1, 0.15) is 5.52 Å². The van der Waals surface area contributed by atoms with Crippen molar-refractivity contribution in [3.8, 4) is 0 Å². The molecule has 1 aliphatic heterocycles. The molecule has 1 fully saturated rings. The van der Waals surface area contributed by atoms with Gasteiger partial charge in [0, 0.05) is 31.2 Å². The van der Waals surface area contributed by atoms with Gasteiger partial charge in [-0.15, -0.1) is 0 Å². The third-order valence-corrected chi connectivity index (χ3v) is 6.13. The lowest BCUT2D eigenvalue weighted by Gasteiger charge is -2.33. The topological polar surface area (TPSA) is 122 Å². The van der Waals surface area contributed by atoms with E-state index in [1.807, 2.05) is 9.80 Å². The molecule has 1 aromatic carbocycles. The van der Waals surface area contributed by atoms with Crippen molar-refractivity contribution >= 4 is 45.5 Å². The smallest absolute Gasteiger partial charge is 0.298 e. The molecule has 1 N–H and O–H groups in total. The van der Waals surface area contributed by atoms with E-state index in [-0.39, 0.29) is 11.5 Å². The van der Waals surface area contributed by atoms with Crippen LogP contribution in [0.4, 0.5) is 6.01 Å². The van der Waals surface area contributed by atoms with E-state index in [1.54, 1.807) is 36.0 Å². The molecule has 3 aromatic heterocycles. The number of nitrogens with one attached hydrogen (secondary N) is 1. The SMILES string of the molecule is Cc1nn(CCOCCC(=O)N2CCN(c3nc4cc(Cl)ccc4o3)CC2)c2cn[nH]c(=O)c12. The number of ether oxygens (including phenoxy) is 1. The number of piperazine rings is 1. The largest absolute Gasteiger partial charge is 0.423 e. The van der Waals surface area contributed by atoms with Crippen molar-refractivity contribution in [2.24, 2.45) is 0 Å². The van der Waals surface area contributed by atoms with Crippen LogP contribution in [-0.2, 0) is 16.1 Å². The summed E-state index contributed by atoms with van der Waals surface area (Å²) in [4.78, 5) is 32.9. The van der Waals surface area contributed by atoms with Gasteiger partial charge in [-0.05, 0) is 25.1 Å². The number of amides is 1. The highest BCUT2D eigenvalue weighted by Crippen LogP contribution is 2.25. The van der Waals surface area contributed by atoms with Crippen LogP contribution in [0.15, 0.2) is 33.6 Å². The van der Waals surface area contributed by atoms with Crippen LogP contribution in [0.25, 0.3) is 22.0 Å². The Morgan fingerprint density at radius 2 is 2.06 bits per heavy atom. The number of aromatic amines is 1. The number of fused-ring (bicyclic) bond motifs is 2. The van der Waals surface area contributed by atoms with Crippen LogP contribution in [0.3, 0.4) is 0 Å². The molecular formula is C22H24ClN7O4. The van der Waals surface area contributed by atoms with Crippen LogP contribution in [0.1, 0.15) is 12.1 Å². The van der Waals surface area contributed by atoms with Gasteiger partial charge in [-0.2, -0.15) is 15.2 Å². The van der Waals surface area contributed by atoms with Gasteiger partial charge in [-0.1, -0.05) is 11.6 Å². The van der Waals surface area contributed by atoms with Crippen LogP contribution < -0.4 is 10.5 Å². The third-order valence-electron chi connectivity index (χ3n) is 5.90. The number of nitrogens with zero attached hydrogens (tertiary/aromatic N) is 6. The highest BCUT2D eigenvalue weighted by Gasteiger charge is 2.24. The second-order valence-corrected chi connectivity index (χ2v) is 8.54. The first kappa shape index (κ1) is 22.4. The zero-order valence-electron chi connectivity index (χ0n) is 18.7. The molecule has 0 radical (unpaired) electrons. The van der Waals surface area contributed by atoms with Crippen molar-refractivity contribution in [3.63, 3.8) is 0 Å². The maximum absolute atomic E-state index is 12.6. The van der Waals surface area contributed by atoms with E-state index in [9.17, 15) is 9.59 Å². The van der Waals surface area contributed by atoms with E-state index in [2.05, 4.69) is 20.3 Å². The van der Waals surface area contributed by atoms with Gasteiger partial charge in [0.15, 0.2) is 5.58 Å². The molecule has 4 heterocycles. The fourth-order valence-corrected chi connectivity index (χ4v) is 4.30. The molecule has 178 valence electrons. The molecule has 1 amide bonds.